The van der Waals surface area contributed by atoms with Gasteiger partial charge < -0.3 is 19.6 Å². The van der Waals surface area contributed by atoms with Gasteiger partial charge in [0.1, 0.15) is 23.9 Å². The molecule has 0 fully saturated rings. The fraction of sp³-hybridized carbons (Fsp3) is 0.286. The van der Waals surface area contributed by atoms with Crippen LogP contribution in [0.4, 0.5) is 0 Å². The summed E-state index contributed by atoms with van der Waals surface area (Å²) >= 11 is 0. The lowest BCUT2D eigenvalue weighted by atomic mass is 10.0. The molecule has 0 saturated heterocycles. The Bertz CT molecular complexity index is 507. The predicted octanol–water partition coefficient (Wildman–Crippen LogP) is 2.48. The highest BCUT2D eigenvalue weighted by atomic mass is 16.5. The molecule has 2 aromatic rings. The Morgan fingerprint density at radius 2 is 1.94 bits per heavy atom. The van der Waals surface area contributed by atoms with E-state index in [-0.39, 0.29) is 6.04 Å². The summed E-state index contributed by atoms with van der Waals surface area (Å²) in [5.74, 6) is 2.22. The van der Waals surface area contributed by atoms with Crippen molar-refractivity contribution in [2.24, 2.45) is 5.73 Å². The Kier molecular flexibility index (Phi) is 4.02. The molecule has 1 aromatic heterocycles. The summed E-state index contributed by atoms with van der Waals surface area (Å²) in [6.07, 6.45) is 0. The van der Waals surface area contributed by atoms with Gasteiger partial charge in [-0.2, -0.15) is 0 Å². The van der Waals surface area contributed by atoms with Crippen molar-refractivity contribution in [3.05, 3.63) is 53.5 Å². The quantitative estimate of drug-likeness (QED) is 0.881. The molecule has 0 aliphatic carbocycles. The molecule has 0 saturated carbocycles. The topological polar surface area (TPSA) is 57.6 Å². The van der Waals surface area contributed by atoms with E-state index in [0.29, 0.717) is 12.4 Å². The average molecular weight is 247 g/mol. The summed E-state index contributed by atoms with van der Waals surface area (Å²) in [4.78, 5) is 0. The monoisotopic (exact) mass is 247 g/mol. The predicted molar refractivity (Wildman–Crippen MR) is 68.4 cm³/mol. The maximum Gasteiger partial charge on any atom is 0.129 e. The van der Waals surface area contributed by atoms with Crippen molar-refractivity contribution in [1.29, 1.82) is 0 Å². The zero-order valence-corrected chi connectivity index (χ0v) is 10.6. The average Bonchev–Trinajstić information content (AvgIpc) is 2.87. The maximum atomic E-state index is 6.19. The number of nitrogens with two attached hydrogens (primary N) is 1. The first-order valence-electron chi connectivity index (χ1n) is 5.72. The number of ether oxygens (including phenoxy) is 2. The minimum Gasteiger partial charge on any atom is -0.496 e. The standard InChI is InChI=1S/C14H17NO3/c1-16-9-10-7-8-13(18-10)14(15)11-5-3-4-6-12(11)17-2/h3-8,14H,9,15H2,1-2H3. The van der Waals surface area contributed by atoms with Crippen molar-refractivity contribution in [2.75, 3.05) is 14.2 Å². The second kappa shape index (κ2) is 5.71. The van der Waals surface area contributed by atoms with Gasteiger partial charge >= 0.3 is 0 Å². The van der Waals surface area contributed by atoms with Gasteiger partial charge in [-0.1, -0.05) is 18.2 Å². The number of methoxy groups -OCH3 is 2. The van der Waals surface area contributed by atoms with Gasteiger partial charge in [-0.3, -0.25) is 0 Å². The number of hydrogen-bond acceptors (Lipinski definition) is 4. The molecule has 0 aliphatic rings. The molecule has 96 valence electrons. The van der Waals surface area contributed by atoms with Crippen LogP contribution in [0, 0.1) is 0 Å². The van der Waals surface area contributed by atoms with Crippen LogP contribution in [0.25, 0.3) is 0 Å². The number of benzene rings is 1. The fourth-order valence-corrected chi connectivity index (χ4v) is 1.86. The van der Waals surface area contributed by atoms with Crippen LogP contribution in [0.3, 0.4) is 0 Å². The van der Waals surface area contributed by atoms with Gasteiger partial charge in [-0.25, -0.2) is 0 Å². The Labute approximate surface area is 106 Å². The minimum absolute atomic E-state index is 0.341. The molecule has 1 unspecified atom stereocenters. The Morgan fingerprint density at radius 1 is 1.17 bits per heavy atom. The molecular weight excluding hydrogens is 230 g/mol. The lowest BCUT2D eigenvalue weighted by Crippen LogP contribution is -2.12. The highest BCUT2D eigenvalue weighted by Crippen LogP contribution is 2.28. The van der Waals surface area contributed by atoms with Crippen LogP contribution in [0.5, 0.6) is 5.75 Å². The van der Waals surface area contributed by atoms with Crippen molar-refractivity contribution in [2.45, 2.75) is 12.6 Å². The van der Waals surface area contributed by atoms with Crippen molar-refractivity contribution in [1.82, 2.24) is 0 Å². The normalized spacial score (nSPS) is 12.4. The van der Waals surface area contributed by atoms with Gasteiger partial charge in [0.15, 0.2) is 0 Å². The summed E-state index contributed by atoms with van der Waals surface area (Å²) in [6.45, 7) is 0.443. The smallest absolute Gasteiger partial charge is 0.129 e. The van der Waals surface area contributed by atoms with Gasteiger partial charge in [0.25, 0.3) is 0 Å². The van der Waals surface area contributed by atoms with Crippen LogP contribution in [-0.4, -0.2) is 14.2 Å². The Morgan fingerprint density at radius 3 is 2.67 bits per heavy atom. The Hall–Kier alpha value is -1.78. The van der Waals surface area contributed by atoms with Gasteiger partial charge in [0, 0.05) is 12.7 Å². The van der Waals surface area contributed by atoms with Crippen molar-refractivity contribution in [3.8, 4) is 5.75 Å². The third-order valence-corrected chi connectivity index (χ3v) is 2.75. The van der Waals surface area contributed by atoms with E-state index >= 15 is 0 Å². The van der Waals surface area contributed by atoms with Crippen LogP contribution in [0.2, 0.25) is 0 Å². The molecule has 2 N–H and O–H groups in total. The molecule has 4 heteroatoms. The van der Waals surface area contributed by atoms with E-state index in [1.54, 1.807) is 14.2 Å². The van der Waals surface area contributed by atoms with Crippen molar-refractivity contribution >= 4 is 0 Å². The van der Waals surface area contributed by atoms with E-state index in [0.717, 1.165) is 17.1 Å². The van der Waals surface area contributed by atoms with Crippen LogP contribution in [0.15, 0.2) is 40.8 Å². The minimum atomic E-state index is -0.341. The van der Waals surface area contributed by atoms with Crippen molar-refractivity contribution in [3.63, 3.8) is 0 Å². The molecular formula is C14H17NO3. The number of furan rings is 1. The molecule has 0 spiro atoms. The zero-order valence-electron chi connectivity index (χ0n) is 10.6. The molecule has 0 amide bonds. The molecule has 1 atom stereocenters. The largest absolute Gasteiger partial charge is 0.496 e. The molecule has 2 rings (SSSR count). The van der Waals surface area contributed by atoms with Gasteiger partial charge in [-0.05, 0) is 18.2 Å². The maximum absolute atomic E-state index is 6.19. The van der Waals surface area contributed by atoms with Crippen LogP contribution in [0.1, 0.15) is 23.1 Å². The summed E-state index contributed by atoms with van der Waals surface area (Å²) in [6, 6.07) is 11.0. The van der Waals surface area contributed by atoms with Crippen LogP contribution < -0.4 is 10.5 Å². The number of rotatable bonds is 5. The molecule has 1 aromatic carbocycles. The van der Waals surface area contributed by atoms with Crippen molar-refractivity contribution < 1.29 is 13.9 Å². The van der Waals surface area contributed by atoms with Gasteiger partial charge in [0.05, 0.1) is 13.2 Å². The third-order valence-electron chi connectivity index (χ3n) is 2.75. The van der Waals surface area contributed by atoms with Crippen LogP contribution in [-0.2, 0) is 11.3 Å². The molecule has 0 bridgehead atoms. The zero-order chi connectivity index (χ0) is 13.0. The highest BCUT2D eigenvalue weighted by molar-refractivity contribution is 5.39. The molecule has 4 nitrogen and oxygen atoms in total. The first kappa shape index (κ1) is 12.7. The van der Waals surface area contributed by atoms with Gasteiger partial charge in [-0.15, -0.1) is 0 Å². The lowest BCUT2D eigenvalue weighted by molar-refractivity contribution is 0.162. The van der Waals surface area contributed by atoms with Gasteiger partial charge in [0.2, 0.25) is 0 Å². The first-order valence-corrected chi connectivity index (χ1v) is 5.72. The SMILES string of the molecule is COCc1ccc(C(N)c2ccccc2OC)o1. The number of hydrogen-bond donors (Lipinski definition) is 1. The van der Waals surface area contributed by atoms with Crippen LogP contribution >= 0.6 is 0 Å². The lowest BCUT2D eigenvalue weighted by Gasteiger charge is -2.13. The molecule has 0 radical (unpaired) electrons. The summed E-state index contributed by atoms with van der Waals surface area (Å²) in [5.41, 5.74) is 7.09. The van der Waals surface area contributed by atoms with E-state index < -0.39 is 0 Å². The summed E-state index contributed by atoms with van der Waals surface area (Å²) in [5, 5.41) is 0. The summed E-state index contributed by atoms with van der Waals surface area (Å²) in [7, 11) is 3.26. The van der Waals surface area contributed by atoms with E-state index in [1.807, 2.05) is 36.4 Å². The molecule has 0 aliphatic heterocycles. The van der Waals surface area contributed by atoms with E-state index in [9.17, 15) is 0 Å². The molecule has 1 heterocycles. The highest BCUT2D eigenvalue weighted by Gasteiger charge is 2.16. The first-order chi connectivity index (χ1) is 8.76. The second-order valence-electron chi connectivity index (χ2n) is 3.96. The molecule has 18 heavy (non-hydrogen) atoms. The Balaban J connectivity index is 2.26. The van der Waals surface area contributed by atoms with E-state index in [1.165, 1.54) is 0 Å². The summed E-state index contributed by atoms with van der Waals surface area (Å²) < 4.78 is 15.9. The third kappa shape index (κ3) is 2.55. The van der Waals surface area contributed by atoms with E-state index in [4.69, 9.17) is 19.6 Å². The fourth-order valence-electron chi connectivity index (χ4n) is 1.86. The number of para-hydroxylation sites is 1. The van der Waals surface area contributed by atoms with E-state index in [2.05, 4.69) is 0 Å². The second-order valence-corrected chi connectivity index (χ2v) is 3.96.